The molecule has 1 aliphatic heterocycles. The Morgan fingerprint density at radius 1 is 1.21 bits per heavy atom. The van der Waals surface area contributed by atoms with Crippen LogP contribution in [0.2, 0.25) is 0 Å². The van der Waals surface area contributed by atoms with E-state index in [2.05, 4.69) is 18.4 Å². The van der Waals surface area contributed by atoms with Gasteiger partial charge in [-0.1, -0.05) is 17.8 Å². The van der Waals surface area contributed by atoms with Gasteiger partial charge in [-0.05, 0) is 35.9 Å². The number of nitrogens with zero attached hydrogens (tertiary/aromatic N) is 2. The van der Waals surface area contributed by atoms with Crippen molar-refractivity contribution in [3.63, 3.8) is 0 Å². The maximum atomic E-state index is 5.42. The van der Waals surface area contributed by atoms with Crippen LogP contribution in [-0.4, -0.2) is 50.6 Å². The molecular formula is C21H27N4O2S2+. The largest absolute Gasteiger partial charge is 0.493 e. The molecule has 1 aromatic carbocycles. The van der Waals surface area contributed by atoms with Crippen LogP contribution in [0.3, 0.4) is 0 Å². The van der Waals surface area contributed by atoms with Gasteiger partial charge in [0.15, 0.2) is 16.7 Å². The minimum Gasteiger partial charge on any atom is -0.493 e. The van der Waals surface area contributed by atoms with Crippen molar-refractivity contribution in [2.24, 2.45) is 0 Å². The predicted octanol–water partition coefficient (Wildman–Crippen LogP) is 2.66. The average molecular weight is 432 g/mol. The Labute approximate surface area is 179 Å². The van der Waals surface area contributed by atoms with Crippen LogP contribution < -0.4 is 19.7 Å². The Morgan fingerprint density at radius 3 is 2.79 bits per heavy atom. The van der Waals surface area contributed by atoms with E-state index in [9.17, 15) is 0 Å². The lowest BCUT2D eigenvalue weighted by Crippen LogP contribution is -3.08. The molecule has 2 N–H and O–H groups in total. The van der Waals surface area contributed by atoms with Crippen molar-refractivity contribution >= 4 is 39.1 Å². The molecule has 1 aliphatic rings. The van der Waals surface area contributed by atoms with Gasteiger partial charge in [0, 0.05) is 13.0 Å². The molecule has 154 valence electrons. The second-order valence-electron chi connectivity index (χ2n) is 7.24. The number of ether oxygens (including phenoxy) is 2. The number of thioether (sulfide) groups is 1. The fourth-order valence-electron chi connectivity index (χ4n) is 3.77. The minimum atomic E-state index is 0.753. The van der Waals surface area contributed by atoms with Crippen LogP contribution in [-0.2, 0) is 19.4 Å². The molecule has 6 nitrogen and oxygen atoms in total. The van der Waals surface area contributed by atoms with E-state index in [1.807, 2.05) is 29.7 Å². The number of quaternary nitrogens is 1. The number of hydrogen-bond donors (Lipinski definition) is 2. The molecule has 3 heterocycles. The fourth-order valence-corrected chi connectivity index (χ4v) is 5.53. The monoisotopic (exact) mass is 431 g/mol. The summed E-state index contributed by atoms with van der Waals surface area (Å²) in [6.07, 6.45) is 3.99. The van der Waals surface area contributed by atoms with E-state index in [1.54, 1.807) is 30.9 Å². The summed E-state index contributed by atoms with van der Waals surface area (Å²) in [5.41, 5.74) is 2.64. The van der Waals surface area contributed by atoms with Crippen LogP contribution in [0.1, 0.15) is 16.0 Å². The number of hydrogen-bond acceptors (Lipinski definition) is 7. The van der Waals surface area contributed by atoms with Crippen molar-refractivity contribution in [2.45, 2.75) is 24.5 Å². The summed E-state index contributed by atoms with van der Waals surface area (Å²) in [6.45, 7) is 3.04. The van der Waals surface area contributed by atoms with Crippen molar-refractivity contribution < 1.29 is 14.4 Å². The number of thiophene rings is 1. The van der Waals surface area contributed by atoms with Crippen molar-refractivity contribution in [1.82, 2.24) is 9.97 Å². The Bertz CT molecular complexity index is 1020. The molecule has 0 bridgehead atoms. The highest BCUT2D eigenvalue weighted by Gasteiger charge is 2.25. The third-order valence-electron chi connectivity index (χ3n) is 5.31. The molecule has 29 heavy (non-hydrogen) atoms. The number of nitrogens with one attached hydrogen (secondary N) is 2. The third-order valence-corrected chi connectivity index (χ3v) is 6.99. The summed E-state index contributed by atoms with van der Waals surface area (Å²) < 4.78 is 10.8. The Morgan fingerprint density at radius 2 is 2.03 bits per heavy atom. The first-order chi connectivity index (χ1) is 14.1. The second kappa shape index (κ2) is 8.77. The summed E-state index contributed by atoms with van der Waals surface area (Å²) in [7, 11) is 5.58. The minimum absolute atomic E-state index is 0.753. The van der Waals surface area contributed by atoms with Gasteiger partial charge in [0.05, 0.1) is 38.1 Å². The van der Waals surface area contributed by atoms with Crippen LogP contribution in [0.5, 0.6) is 11.5 Å². The standard InChI is InChI=1S/C21H26N4O2S2/c1-25-10-8-14-17(12-25)29-20-18(14)19(23-21(24-20)28-4)22-9-7-13-5-6-15(26-2)16(11-13)27-3/h5-6,11H,7-10,12H2,1-4H3,(H,22,23,24)/p+1. The van der Waals surface area contributed by atoms with E-state index < -0.39 is 0 Å². The molecule has 0 amide bonds. The lowest BCUT2D eigenvalue weighted by Gasteiger charge is -2.19. The van der Waals surface area contributed by atoms with Crippen molar-refractivity contribution in [2.75, 3.05) is 45.9 Å². The summed E-state index contributed by atoms with van der Waals surface area (Å²) in [6, 6.07) is 6.07. The first-order valence-electron chi connectivity index (χ1n) is 9.75. The SMILES string of the molecule is COc1ccc(CCNc2nc(SC)nc3sc4c(c23)CC[NH+](C)C4)cc1OC. The molecule has 0 saturated heterocycles. The number of methoxy groups -OCH3 is 2. The smallest absolute Gasteiger partial charge is 0.190 e. The van der Waals surface area contributed by atoms with Gasteiger partial charge < -0.3 is 19.7 Å². The van der Waals surface area contributed by atoms with Gasteiger partial charge >= 0.3 is 0 Å². The molecule has 1 atom stereocenters. The predicted molar refractivity (Wildman–Crippen MR) is 120 cm³/mol. The molecule has 1 unspecified atom stereocenters. The normalized spacial score (nSPS) is 15.9. The van der Waals surface area contributed by atoms with Gasteiger partial charge in [-0.15, -0.1) is 11.3 Å². The first kappa shape index (κ1) is 20.3. The highest BCUT2D eigenvalue weighted by Crippen LogP contribution is 2.36. The van der Waals surface area contributed by atoms with Crippen LogP contribution in [0.25, 0.3) is 10.2 Å². The third kappa shape index (κ3) is 4.15. The zero-order valence-electron chi connectivity index (χ0n) is 17.3. The fraction of sp³-hybridized carbons (Fsp3) is 0.429. The van der Waals surface area contributed by atoms with Crippen LogP contribution in [0.4, 0.5) is 5.82 Å². The van der Waals surface area contributed by atoms with Gasteiger partial charge in [-0.25, -0.2) is 9.97 Å². The zero-order valence-corrected chi connectivity index (χ0v) is 18.9. The van der Waals surface area contributed by atoms with Crippen molar-refractivity contribution in [1.29, 1.82) is 0 Å². The van der Waals surface area contributed by atoms with E-state index in [4.69, 9.17) is 19.4 Å². The topological polar surface area (TPSA) is 60.7 Å². The highest BCUT2D eigenvalue weighted by molar-refractivity contribution is 7.98. The van der Waals surface area contributed by atoms with Crippen LogP contribution in [0.15, 0.2) is 23.4 Å². The molecule has 0 spiro atoms. The first-order valence-corrected chi connectivity index (χ1v) is 11.8. The van der Waals surface area contributed by atoms with E-state index in [1.165, 1.54) is 21.4 Å². The van der Waals surface area contributed by atoms with Gasteiger partial charge in [-0.3, -0.25) is 0 Å². The number of fused-ring (bicyclic) bond motifs is 3. The molecule has 4 rings (SSSR count). The summed E-state index contributed by atoms with van der Waals surface area (Å²) in [5, 5.41) is 5.64. The molecule has 0 aliphatic carbocycles. The zero-order chi connectivity index (χ0) is 20.4. The lowest BCUT2D eigenvalue weighted by molar-refractivity contribution is -0.895. The van der Waals surface area contributed by atoms with Crippen LogP contribution >= 0.6 is 23.1 Å². The number of rotatable bonds is 7. The second-order valence-corrected chi connectivity index (χ2v) is 9.10. The maximum absolute atomic E-state index is 5.42. The lowest BCUT2D eigenvalue weighted by atomic mass is 10.1. The van der Waals surface area contributed by atoms with E-state index in [-0.39, 0.29) is 0 Å². The van der Waals surface area contributed by atoms with Crippen molar-refractivity contribution in [3.05, 3.63) is 34.2 Å². The molecule has 3 aromatic rings. The summed E-state index contributed by atoms with van der Waals surface area (Å²) in [4.78, 5) is 13.7. The Balaban J connectivity index is 1.57. The molecular weight excluding hydrogens is 404 g/mol. The van der Waals surface area contributed by atoms with Crippen LogP contribution in [0, 0.1) is 0 Å². The van der Waals surface area contributed by atoms with E-state index in [0.29, 0.717) is 0 Å². The van der Waals surface area contributed by atoms with Gasteiger partial charge in [0.25, 0.3) is 0 Å². The number of anilines is 1. The number of likely N-dealkylation sites (N-methyl/N-ethyl adjacent to an activating group) is 1. The van der Waals surface area contributed by atoms with Crippen molar-refractivity contribution in [3.8, 4) is 11.5 Å². The van der Waals surface area contributed by atoms with Gasteiger partial charge in [0.2, 0.25) is 0 Å². The highest BCUT2D eigenvalue weighted by atomic mass is 32.2. The average Bonchev–Trinajstić information content (AvgIpc) is 3.10. The molecule has 8 heteroatoms. The summed E-state index contributed by atoms with van der Waals surface area (Å²) in [5.74, 6) is 2.48. The molecule has 2 aromatic heterocycles. The van der Waals surface area contributed by atoms with E-state index in [0.717, 1.165) is 59.8 Å². The Kier molecular flexibility index (Phi) is 6.12. The molecule has 0 saturated carbocycles. The van der Waals surface area contributed by atoms with E-state index >= 15 is 0 Å². The quantitative estimate of drug-likeness (QED) is 0.443. The molecule has 0 fully saturated rings. The van der Waals surface area contributed by atoms with Gasteiger partial charge in [-0.2, -0.15) is 0 Å². The molecule has 0 radical (unpaired) electrons. The maximum Gasteiger partial charge on any atom is 0.190 e. The number of aromatic nitrogens is 2. The van der Waals surface area contributed by atoms with Gasteiger partial charge in [0.1, 0.15) is 17.2 Å². The number of benzene rings is 1. The summed E-state index contributed by atoms with van der Waals surface area (Å²) >= 11 is 3.42. The Hall–Kier alpha value is -2.03.